The first-order valence-electron chi connectivity index (χ1n) is 6.89. The molecule has 1 atom stereocenters. The van der Waals surface area contributed by atoms with Crippen LogP contribution in [0.25, 0.3) is 0 Å². The normalized spacial score (nSPS) is 34.8. The molecule has 0 radical (unpaired) electrons. The molecule has 0 amide bonds. The van der Waals surface area contributed by atoms with Crippen molar-refractivity contribution in [2.45, 2.75) is 57.0 Å². The Morgan fingerprint density at radius 3 is 2.40 bits per heavy atom. The van der Waals surface area contributed by atoms with E-state index in [0.29, 0.717) is 0 Å². The first-order valence-corrected chi connectivity index (χ1v) is 6.89. The van der Waals surface area contributed by atoms with Gasteiger partial charge in [0.2, 0.25) is 0 Å². The van der Waals surface area contributed by atoms with Gasteiger partial charge < -0.3 is 10.2 Å². The van der Waals surface area contributed by atoms with Crippen molar-refractivity contribution >= 4 is 0 Å². The number of piperidine rings is 1. The lowest BCUT2D eigenvalue weighted by Crippen LogP contribution is -2.37. The zero-order chi connectivity index (χ0) is 10.1. The van der Waals surface area contributed by atoms with Crippen LogP contribution in [0.3, 0.4) is 0 Å². The fourth-order valence-electron chi connectivity index (χ4n) is 3.35. The predicted molar refractivity (Wildman–Crippen MR) is 63.0 cm³/mol. The molecule has 3 rings (SSSR count). The van der Waals surface area contributed by atoms with E-state index in [-0.39, 0.29) is 0 Å². The molecular weight excluding hydrogens is 184 g/mol. The van der Waals surface area contributed by atoms with Gasteiger partial charge in [-0.05, 0) is 70.5 Å². The standard InChI is InChI=1S/C13H24N2/c1-2-12(14-7-1)10-11-5-8-15(9-6-11)13-3-4-13/h11-14H,1-10H2. The largest absolute Gasteiger partial charge is 0.314 e. The third-order valence-electron chi connectivity index (χ3n) is 4.49. The Bertz CT molecular complexity index is 199. The zero-order valence-corrected chi connectivity index (χ0v) is 9.75. The van der Waals surface area contributed by atoms with Crippen molar-refractivity contribution in [2.75, 3.05) is 19.6 Å². The molecule has 0 aromatic rings. The molecule has 1 N–H and O–H groups in total. The number of nitrogens with one attached hydrogen (secondary N) is 1. The molecule has 3 fully saturated rings. The maximum Gasteiger partial charge on any atom is 0.00964 e. The highest BCUT2D eigenvalue weighted by molar-refractivity contribution is 4.88. The monoisotopic (exact) mass is 208 g/mol. The van der Waals surface area contributed by atoms with Gasteiger partial charge in [-0.2, -0.15) is 0 Å². The summed E-state index contributed by atoms with van der Waals surface area (Å²) in [6, 6.07) is 1.86. The first-order chi connectivity index (χ1) is 7.42. The molecule has 1 aliphatic carbocycles. The highest BCUT2D eigenvalue weighted by atomic mass is 15.2. The number of hydrogen-bond donors (Lipinski definition) is 1. The van der Waals surface area contributed by atoms with Gasteiger partial charge in [0.1, 0.15) is 0 Å². The van der Waals surface area contributed by atoms with Gasteiger partial charge in [0.25, 0.3) is 0 Å². The van der Waals surface area contributed by atoms with E-state index in [1.807, 2.05) is 0 Å². The van der Waals surface area contributed by atoms with Crippen molar-refractivity contribution < 1.29 is 0 Å². The van der Waals surface area contributed by atoms with Crippen LogP contribution < -0.4 is 5.32 Å². The highest BCUT2D eigenvalue weighted by Crippen LogP contribution is 2.32. The lowest BCUT2D eigenvalue weighted by molar-refractivity contribution is 0.165. The van der Waals surface area contributed by atoms with E-state index in [4.69, 9.17) is 0 Å². The van der Waals surface area contributed by atoms with Crippen LogP contribution in [0.2, 0.25) is 0 Å². The Balaban J connectivity index is 1.40. The summed E-state index contributed by atoms with van der Waals surface area (Å²) in [5, 5.41) is 3.64. The van der Waals surface area contributed by atoms with Crippen molar-refractivity contribution in [3.8, 4) is 0 Å². The second-order valence-electron chi connectivity index (χ2n) is 5.74. The van der Waals surface area contributed by atoms with E-state index in [0.717, 1.165) is 18.0 Å². The van der Waals surface area contributed by atoms with Crippen LogP contribution in [-0.2, 0) is 0 Å². The van der Waals surface area contributed by atoms with Gasteiger partial charge in [0.05, 0.1) is 0 Å². The third kappa shape index (κ3) is 2.54. The minimum absolute atomic E-state index is 0.863. The van der Waals surface area contributed by atoms with E-state index in [1.165, 1.54) is 64.6 Å². The Hall–Kier alpha value is -0.0800. The molecular formula is C13H24N2. The topological polar surface area (TPSA) is 15.3 Å². The molecule has 86 valence electrons. The maximum atomic E-state index is 3.64. The fourth-order valence-corrected chi connectivity index (χ4v) is 3.35. The van der Waals surface area contributed by atoms with Crippen molar-refractivity contribution in [2.24, 2.45) is 5.92 Å². The summed E-state index contributed by atoms with van der Waals surface area (Å²) < 4.78 is 0. The van der Waals surface area contributed by atoms with Crippen LogP contribution in [0.1, 0.15) is 44.9 Å². The summed E-state index contributed by atoms with van der Waals surface area (Å²) >= 11 is 0. The van der Waals surface area contributed by atoms with Gasteiger partial charge in [0.15, 0.2) is 0 Å². The molecule has 0 bridgehead atoms. The molecule has 0 aromatic heterocycles. The Morgan fingerprint density at radius 1 is 1.00 bits per heavy atom. The van der Waals surface area contributed by atoms with Crippen LogP contribution in [0.15, 0.2) is 0 Å². The van der Waals surface area contributed by atoms with Crippen LogP contribution in [0.4, 0.5) is 0 Å². The number of nitrogens with zero attached hydrogens (tertiary/aromatic N) is 1. The Kier molecular flexibility index (Phi) is 2.98. The molecule has 2 nitrogen and oxygen atoms in total. The Morgan fingerprint density at radius 2 is 1.80 bits per heavy atom. The number of hydrogen-bond acceptors (Lipinski definition) is 2. The number of likely N-dealkylation sites (tertiary alicyclic amines) is 1. The average Bonchev–Trinajstić information content (AvgIpc) is 2.99. The van der Waals surface area contributed by atoms with E-state index in [9.17, 15) is 0 Å². The fraction of sp³-hybridized carbons (Fsp3) is 1.00. The molecule has 2 aliphatic heterocycles. The summed E-state index contributed by atoms with van der Waals surface area (Å²) in [6.07, 6.45) is 10.2. The van der Waals surface area contributed by atoms with Gasteiger partial charge in [-0.25, -0.2) is 0 Å². The first kappa shape index (κ1) is 10.1. The van der Waals surface area contributed by atoms with Gasteiger partial charge in [-0.15, -0.1) is 0 Å². The van der Waals surface area contributed by atoms with Gasteiger partial charge in [-0.3, -0.25) is 0 Å². The summed E-state index contributed by atoms with van der Waals surface area (Å²) in [5.41, 5.74) is 0. The maximum absolute atomic E-state index is 3.64. The van der Waals surface area contributed by atoms with Crippen LogP contribution in [0, 0.1) is 5.92 Å². The number of rotatable bonds is 3. The van der Waals surface area contributed by atoms with E-state index >= 15 is 0 Å². The van der Waals surface area contributed by atoms with Gasteiger partial charge >= 0.3 is 0 Å². The average molecular weight is 208 g/mol. The molecule has 2 heterocycles. The summed E-state index contributed by atoms with van der Waals surface area (Å²) in [5.74, 6) is 1.02. The van der Waals surface area contributed by atoms with E-state index in [1.54, 1.807) is 0 Å². The lowest BCUT2D eigenvalue weighted by Gasteiger charge is -2.33. The van der Waals surface area contributed by atoms with E-state index < -0.39 is 0 Å². The molecule has 1 saturated carbocycles. The third-order valence-corrected chi connectivity index (χ3v) is 4.49. The quantitative estimate of drug-likeness (QED) is 0.763. The second kappa shape index (κ2) is 4.42. The molecule has 1 unspecified atom stereocenters. The van der Waals surface area contributed by atoms with Crippen molar-refractivity contribution in [1.29, 1.82) is 0 Å². The summed E-state index contributed by atoms with van der Waals surface area (Å²) in [4.78, 5) is 2.73. The summed E-state index contributed by atoms with van der Waals surface area (Å²) in [7, 11) is 0. The van der Waals surface area contributed by atoms with Crippen LogP contribution >= 0.6 is 0 Å². The molecule has 0 aromatic carbocycles. The van der Waals surface area contributed by atoms with Gasteiger partial charge in [0, 0.05) is 12.1 Å². The zero-order valence-electron chi connectivity index (χ0n) is 9.75. The minimum Gasteiger partial charge on any atom is -0.314 e. The Labute approximate surface area is 93.4 Å². The SMILES string of the molecule is C1CNC(CC2CCN(C3CC3)CC2)C1. The second-order valence-corrected chi connectivity index (χ2v) is 5.74. The van der Waals surface area contributed by atoms with Crippen molar-refractivity contribution in [1.82, 2.24) is 10.2 Å². The lowest BCUT2D eigenvalue weighted by atomic mass is 9.89. The summed E-state index contributed by atoms with van der Waals surface area (Å²) in [6.45, 7) is 4.05. The molecule has 2 heteroatoms. The molecule has 15 heavy (non-hydrogen) atoms. The van der Waals surface area contributed by atoms with Crippen LogP contribution in [0.5, 0.6) is 0 Å². The van der Waals surface area contributed by atoms with E-state index in [2.05, 4.69) is 10.2 Å². The van der Waals surface area contributed by atoms with Crippen molar-refractivity contribution in [3.05, 3.63) is 0 Å². The minimum atomic E-state index is 0.863. The van der Waals surface area contributed by atoms with Crippen molar-refractivity contribution in [3.63, 3.8) is 0 Å². The predicted octanol–water partition coefficient (Wildman–Crippen LogP) is 2.00. The highest BCUT2D eigenvalue weighted by Gasteiger charge is 2.32. The molecule has 2 saturated heterocycles. The molecule has 0 spiro atoms. The van der Waals surface area contributed by atoms with Gasteiger partial charge in [-0.1, -0.05) is 0 Å². The van der Waals surface area contributed by atoms with Crippen LogP contribution in [-0.4, -0.2) is 36.6 Å². The molecule has 3 aliphatic rings. The smallest absolute Gasteiger partial charge is 0.00964 e.